The molecular formula is C13H7ClF2O2. The van der Waals surface area contributed by atoms with E-state index in [-0.39, 0.29) is 21.7 Å². The average molecular weight is 269 g/mol. The average Bonchev–Trinajstić information content (AvgIpc) is 2.27. The summed E-state index contributed by atoms with van der Waals surface area (Å²) in [4.78, 5) is 10.9. The van der Waals surface area contributed by atoms with Gasteiger partial charge in [-0.2, -0.15) is 0 Å². The topological polar surface area (TPSA) is 37.3 Å². The van der Waals surface area contributed by atoms with E-state index in [1.165, 1.54) is 24.3 Å². The third-order valence-electron chi connectivity index (χ3n) is 2.39. The second-order valence-electron chi connectivity index (χ2n) is 3.66. The van der Waals surface area contributed by atoms with Crippen LogP contribution < -0.4 is 0 Å². The van der Waals surface area contributed by atoms with Crippen LogP contribution >= 0.6 is 11.6 Å². The zero-order chi connectivity index (χ0) is 13.3. The predicted molar refractivity (Wildman–Crippen MR) is 63.8 cm³/mol. The molecule has 2 aromatic carbocycles. The highest BCUT2D eigenvalue weighted by Crippen LogP contribution is 2.27. The number of aromatic carboxylic acids is 1. The van der Waals surface area contributed by atoms with Crippen molar-refractivity contribution in [2.24, 2.45) is 0 Å². The maximum Gasteiger partial charge on any atom is 0.335 e. The first-order valence-corrected chi connectivity index (χ1v) is 5.34. The van der Waals surface area contributed by atoms with Gasteiger partial charge in [0.25, 0.3) is 0 Å². The summed E-state index contributed by atoms with van der Waals surface area (Å²) in [7, 11) is 0. The van der Waals surface area contributed by atoms with Gasteiger partial charge in [0.05, 0.1) is 5.56 Å². The Balaban J connectivity index is 2.60. The summed E-state index contributed by atoms with van der Waals surface area (Å²) in [5, 5.41) is 9.06. The summed E-state index contributed by atoms with van der Waals surface area (Å²) in [6.07, 6.45) is 0. The molecule has 0 amide bonds. The molecule has 92 valence electrons. The maximum atomic E-state index is 13.6. The highest BCUT2D eigenvalue weighted by molar-refractivity contribution is 6.31. The van der Waals surface area contributed by atoms with Gasteiger partial charge in [-0.1, -0.05) is 11.6 Å². The molecule has 0 bridgehead atoms. The molecule has 2 nitrogen and oxygen atoms in total. The first-order chi connectivity index (χ1) is 8.47. The van der Waals surface area contributed by atoms with Crippen molar-refractivity contribution >= 4 is 17.6 Å². The number of benzene rings is 2. The molecule has 1 N–H and O–H groups in total. The highest BCUT2D eigenvalue weighted by Gasteiger charge is 2.11. The molecule has 0 aromatic heterocycles. The fraction of sp³-hybridized carbons (Fsp3) is 0. The number of carboxylic acids is 1. The number of halogens is 3. The Morgan fingerprint density at radius 1 is 1.11 bits per heavy atom. The standard InChI is InChI=1S/C13H7ClF2O2/c14-9-4-7(3-8(5-9)13(17)18)11-2-1-10(15)6-12(11)16/h1-6H,(H,17,18). The minimum Gasteiger partial charge on any atom is -0.478 e. The number of carbonyl (C=O) groups is 1. The van der Waals surface area contributed by atoms with Crippen LogP contribution in [0, 0.1) is 11.6 Å². The minimum absolute atomic E-state index is 0.0544. The molecule has 18 heavy (non-hydrogen) atoms. The molecular weight excluding hydrogens is 262 g/mol. The van der Waals surface area contributed by atoms with E-state index >= 15 is 0 Å². The smallest absolute Gasteiger partial charge is 0.335 e. The summed E-state index contributed by atoms with van der Waals surface area (Å²) in [6.45, 7) is 0. The van der Waals surface area contributed by atoms with Crippen molar-refractivity contribution in [2.45, 2.75) is 0 Å². The van der Waals surface area contributed by atoms with E-state index in [9.17, 15) is 13.6 Å². The van der Waals surface area contributed by atoms with E-state index in [4.69, 9.17) is 16.7 Å². The molecule has 0 unspecified atom stereocenters. The molecule has 0 radical (unpaired) electrons. The summed E-state index contributed by atoms with van der Waals surface area (Å²) >= 11 is 5.77. The van der Waals surface area contributed by atoms with Crippen LogP contribution in [0.5, 0.6) is 0 Å². The van der Waals surface area contributed by atoms with Crippen molar-refractivity contribution in [3.8, 4) is 11.1 Å². The van der Waals surface area contributed by atoms with Crippen LogP contribution in [0.25, 0.3) is 11.1 Å². The Bertz CT molecular complexity index is 626. The lowest BCUT2D eigenvalue weighted by molar-refractivity contribution is 0.0697. The van der Waals surface area contributed by atoms with Gasteiger partial charge in [0.2, 0.25) is 0 Å². The van der Waals surface area contributed by atoms with Gasteiger partial charge < -0.3 is 5.11 Å². The van der Waals surface area contributed by atoms with Crippen LogP contribution in [0.1, 0.15) is 10.4 Å². The summed E-state index contributed by atoms with van der Waals surface area (Å²) in [6, 6.07) is 7.03. The summed E-state index contributed by atoms with van der Waals surface area (Å²) in [5.41, 5.74) is 0.333. The summed E-state index contributed by atoms with van der Waals surface area (Å²) in [5.74, 6) is -2.63. The molecule has 0 atom stereocenters. The fourth-order valence-electron chi connectivity index (χ4n) is 1.59. The zero-order valence-corrected chi connectivity index (χ0v) is 9.71. The molecule has 0 fully saturated rings. The molecule has 0 heterocycles. The van der Waals surface area contributed by atoms with Gasteiger partial charge in [-0.05, 0) is 35.9 Å². The molecule has 2 aromatic rings. The lowest BCUT2D eigenvalue weighted by atomic mass is 10.0. The molecule has 0 saturated heterocycles. The minimum atomic E-state index is -1.17. The Hall–Kier alpha value is -1.94. The van der Waals surface area contributed by atoms with Crippen LogP contribution in [0.15, 0.2) is 36.4 Å². The van der Waals surface area contributed by atoms with Crippen molar-refractivity contribution in [1.82, 2.24) is 0 Å². The molecule has 0 aliphatic carbocycles. The van der Waals surface area contributed by atoms with Crippen LogP contribution in [-0.2, 0) is 0 Å². The van der Waals surface area contributed by atoms with Crippen molar-refractivity contribution in [1.29, 1.82) is 0 Å². The zero-order valence-electron chi connectivity index (χ0n) is 8.95. The van der Waals surface area contributed by atoms with Gasteiger partial charge in [0.1, 0.15) is 11.6 Å². The van der Waals surface area contributed by atoms with Crippen molar-refractivity contribution < 1.29 is 18.7 Å². The predicted octanol–water partition coefficient (Wildman–Crippen LogP) is 3.98. The van der Waals surface area contributed by atoms with Gasteiger partial charge >= 0.3 is 5.97 Å². The second kappa shape index (κ2) is 4.74. The third kappa shape index (κ3) is 2.49. The normalized spacial score (nSPS) is 10.4. The van der Waals surface area contributed by atoms with Crippen LogP contribution in [0.3, 0.4) is 0 Å². The Morgan fingerprint density at radius 3 is 2.44 bits per heavy atom. The van der Waals surface area contributed by atoms with E-state index in [1.54, 1.807) is 0 Å². The first-order valence-electron chi connectivity index (χ1n) is 4.96. The highest BCUT2D eigenvalue weighted by atomic mass is 35.5. The number of hydrogen-bond acceptors (Lipinski definition) is 1. The molecule has 0 saturated carbocycles. The molecule has 0 aliphatic rings. The van der Waals surface area contributed by atoms with Gasteiger partial charge in [-0.3, -0.25) is 0 Å². The largest absolute Gasteiger partial charge is 0.478 e. The third-order valence-corrected chi connectivity index (χ3v) is 2.61. The maximum absolute atomic E-state index is 13.6. The van der Waals surface area contributed by atoms with Gasteiger partial charge in [0.15, 0.2) is 0 Å². The van der Waals surface area contributed by atoms with Gasteiger partial charge in [-0.15, -0.1) is 0 Å². The first kappa shape index (κ1) is 12.5. The Labute approximate surface area is 106 Å². The van der Waals surface area contributed by atoms with E-state index < -0.39 is 17.6 Å². The summed E-state index contributed by atoms with van der Waals surface area (Å²) < 4.78 is 26.4. The van der Waals surface area contributed by atoms with E-state index in [2.05, 4.69) is 0 Å². The number of hydrogen-bond donors (Lipinski definition) is 1. The molecule has 5 heteroatoms. The van der Waals surface area contributed by atoms with E-state index in [0.29, 0.717) is 0 Å². The Morgan fingerprint density at radius 2 is 1.83 bits per heavy atom. The lowest BCUT2D eigenvalue weighted by Crippen LogP contribution is -1.97. The monoisotopic (exact) mass is 268 g/mol. The van der Waals surface area contributed by atoms with Crippen LogP contribution in [-0.4, -0.2) is 11.1 Å². The van der Waals surface area contributed by atoms with Gasteiger partial charge in [0, 0.05) is 16.7 Å². The van der Waals surface area contributed by atoms with Crippen molar-refractivity contribution in [3.63, 3.8) is 0 Å². The molecule has 0 spiro atoms. The second-order valence-corrected chi connectivity index (χ2v) is 4.09. The van der Waals surface area contributed by atoms with E-state index in [0.717, 1.165) is 12.1 Å². The fourth-order valence-corrected chi connectivity index (χ4v) is 1.83. The van der Waals surface area contributed by atoms with Gasteiger partial charge in [-0.25, -0.2) is 13.6 Å². The molecule has 2 rings (SSSR count). The van der Waals surface area contributed by atoms with Crippen molar-refractivity contribution in [2.75, 3.05) is 0 Å². The number of carboxylic acid groups (broad SMARTS) is 1. The lowest BCUT2D eigenvalue weighted by Gasteiger charge is -2.06. The molecule has 0 aliphatic heterocycles. The van der Waals surface area contributed by atoms with Crippen LogP contribution in [0.4, 0.5) is 8.78 Å². The van der Waals surface area contributed by atoms with Crippen LogP contribution in [0.2, 0.25) is 5.02 Å². The SMILES string of the molecule is O=C(O)c1cc(Cl)cc(-c2ccc(F)cc2F)c1. The van der Waals surface area contributed by atoms with Crippen molar-refractivity contribution in [3.05, 3.63) is 58.6 Å². The Kier molecular flexibility index (Phi) is 3.30. The quantitative estimate of drug-likeness (QED) is 0.894. The number of rotatable bonds is 2. The van der Waals surface area contributed by atoms with E-state index in [1.807, 2.05) is 0 Å².